The summed E-state index contributed by atoms with van der Waals surface area (Å²) in [6.45, 7) is 25.6. The van der Waals surface area contributed by atoms with Gasteiger partial charge in [0.25, 0.3) is 0 Å². The smallest absolute Gasteiger partial charge is 0.0415 e. The van der Waals surface area contributed by atoms with Gasteiger partial charge in [-0.25, -0.2) is 0 Å². The minimum absolute atomic E-state index is 0.111. The molecule has 0 heterocycles. The van der Waals surface area contributed by atoms with Crippen LogP contribution in [0.3, 0.4) is 0 Å². The van der Waals surface area contributed by atoms with E-state index in [-0.39, 0.29) is 5.41 Å². The lowest BCUT2D eigenvalue weighted by Crippen LogP contribution is -2.20. The molecule has 0 radical (unpaired) electrons. The molecule has 140 valence electrons. The van der Waals surface area contributed by atoms with Crippen molar-refractivity contribution in [1.29, 1.82) is 0 Å². The molecule has 0 spiro atoms. The molecule has 0 bridgehead atoms. The quantitative estimate of drug-likeness (QED) is 0.396. The van der Waals surface area contributed by atoms with E-state index in [9.17, 15) is 0 Å². The molecule has 0 aliphatic carbocycles. The highest BCUT2D eigenvalue weighted by atomic mass is 14.9. The van der Waals surface area contributed by atoms with Gasteiger partial charge in [-0.3, -0.25) is 4.99 Å². The zero-order valence-electron chi connectivity index (χ0n) is 17.4. The van der Waals surface area contributed by atoms with Crippen molar-refractivity contribution in [2.24, 2.45) is 10.4 Å². The number of nitrogens with zero attached hydrogens (tertiary/aromatic N) is 1. The second-order valence-corrected chi connectivity index (χ2v) is 7.56. The molecular formula is C24H34N2. The van der Waals surface area contributed by atoms with Crippen LogP contribution in [-0.2, 0) is 0 Å². The second kappa shape index (κ2) is 9.38. The maximum atomic E-state index is 4.64. The van der Waals surface area contributed by atoms with E-state index in [1.54, 1.807) is 0 Å². The molecular weight excluding hydrogens is 316 g/mol. The first-order chi connectivity index (χ1) is 12.1. The second-order valence-electron chi connectivity index (χ2n) is 7.56. The number of rotatable bonds is 9. The molecule has 0 saturated carbocycles. The van der Waals surface area contributed by atoms with E-state index in [1.807, 2.05) is 19.2 Å². The molecule has 1 aromatic carbocycles. The van der Waals surface area contributed by atoms with Crippen molar-refractivity contribution in [1.82, 2.24) is 5.32 Å². The van der Waals surface area contributed by atoms with E-state index in [0.717, 1.165) is 40.1 Å². The Balaban J connectivity index is 2.88. The molecule has 1 N–H and O–H groups in total. The Hall–Kier alpha value is -2.35. The van der Waals surface area contributed by atoms with Crippen LogP contribution in [0.15, 0.2) is 60.8 Å². The fraction of sp³-hybridized carbons (Fsp3) is 0.375. The zero-order chi connectivity index (χ0) is 19.9. The molecule has 26 heavy (non-hydrogen) atoms. The number of aliphatic imine (C=N–C) groups is 1. The number of hydrogen-bond donors (Lipinski definition) is 1. The van der Waals surface area contributed by atoms with Crippen molar-refractivity contribution in [3.8, 4) is 0 Å². The fourth-order valence-corrected chi connectivity index (χ4v) is 2.30. The largest absolute Gasteiger partial charge is 0.381 e. The van der Waals surface area contributed by atoms with E-state index < -0.39 is 0 Å². The number of aryl methyl sites for hydroxylation is 1. The van der Waals surface area contributed by atoms with Crippen LogP contribution in [0.4, 0.5) is 0 Å². The molecule has 0 aliphatic heterocycles. The van der Waals surface area contributed by atoms with Crippen LogP contribution in [-0.4, -0.2) is 12.3 Å². The summed E-state index contributed by atoms with van der Waals surface area (Å²) in [4.78, 5) is 4.64. The molecule has 0 unspecified atom stereocenters. The van der Waals surface area contributed by atoms with Gasteiger partial charge in [-0.1, -0.05) is 58.2 Å². The average Bonchev–Trinajstić information content (AvgIpc) is 2.60. The summed E-state index contributed by atoms with van der Waals surface area (Å²) in [7, 11) is 0. The van der Waals surface area contributed by atoms with Gasteiger partial charge in [0.1, 0.15) is 0 Å². The molecule has 0 fully saturated rings. The highest BCUT2D eigenvalue weighted by Gasteiger charge is 2.18. The Morgan fingerprint density at radius 3 is 2.31 bits per heavy atom. The Morgan fingerprint density at radius 1 is 1.15 bits per heavy atom. The molecule has 1 aromatic rings. The minimum Gasteiger partial charge on any atom is -0.381 e. The van der Waals surface area contributed by atoms with Crippen molar-refractivity contribution in [3.05, 3.63) is 72.5 Å². The highest BCUT2D eigenvalue weighted by Crippen LogP contribution is 2.22. The number of benzene rings is 1. The van der Waals surface area contributed by atoms with Crippen LogP contribution in [0.1, 0.15) is 57.7 Å². The molecule has 1 rings (SSSR count). The number of allylic oxidation sites excluding steroid dienone is 1. The highest BCUT2D eigenvalue weighted by molar-refractivity contribution is 5.87. The van der Waals surface area contributed by atoms with Gasteiger partial charge in [0.05, 0.1) is 0 Å². The zero-order valence-corrected chi connectivity index (χ0v) is 17.4. The van der Waals surface area contributed by atoms with E-state index in [1.165, 1.54) is 5.56 Å². The summed E-state index contributed by atoms with van der Waals surface area (Å²) >= 11 is 0. The maximum absolute atomic E-state index is 4.64. The SMILES string of the molecule is C=C/C(=C\N=C(/C)C(C)(C)CC)CNC(=C)c1cc(C)cc(C(=C)C)c1. The Bertz CT molecular complexity index is 745. The summed E-state index contributed by atoms with van der Waals surface area (Å²) in [5.74, 6) is 0. The molecule has 0 atom stereocenters. The molecule has 0 saturated heterocycles. The lowest BCUT2D eigenvalue weighted by Gasteiger charge is -2.22. The van der Waals surface area contributed by atoms with Gasteiger partial charge in [-0.15, -0.1) is 0 Å². The third kappa shape index (κ3) is 6.18. The van der Waals surface area contributed by atoms with Crippen LogP contribution in [0, 0.1) is 12.3 Å². The first-order valence-electron chi connectivity index (χ1n) is 9.17. The molecule has 0 aliphatic rings. The van der Waals surface area contributed by atoms with Crippen LogP contribution in [0.25, 0.3) is 11.3 Å². The average molecular weight is 351 g/mol. The van der Waals surface area contributed by atoms with E-state index in [2.05, 4.69) is 82.9 Å². The monoisotopic (exact) mass is 350 g/mol. The summed E-state index contributed by atoms with van der Waals surface area (Å²) < 4.78 is 0. The summed E-state index contributed by atoms with van der Waals surface area (Å²) in [5, 5.41) is 3.39. The molecule has 0 aromatic heterocycles. The number of hydrogen-bond acceptors (Lipinski definition) is 2. The van der Waals surface area contributed by atoms with Crippen LogP contribution >= 0.6 is 0 Å². The van der Waals surface area contributed by atoms with Gasteiger partial charge in [-0.2, -0.15) is 0 Å². The van der Waals surface area contributed by atoms with Crippen molar-refractivity contribution in [3.63, 3.8) is 0 Å². The Kier molecular flexibility index (Phi) is 7.82. The van der Waals surface area contributed by atoms with Gasteiger partial charge in [0.2, 0.25) is 0 Å². The van der Waals surface area contributed by atoms with E-state index in [4.69, 9.17) is 0 Å². The van der Waals surface area contributed by atoms with Crippen LogP contribution in [0.5, 0.6) is 0 Å². The van der Waals surface area contributed by atoms with Crippen LogP contribution in [0.2, 0.25) is 0 Å². The summed E-state index contributed by atoms with van der Waals surface area (Å²) in [5.41, 5.74) is 7.64. The predicted octanol–water partition coefficient (Wildman–Crippen LogP) is 6.56. The first-order valence-corrected chi connectivity index (χ1v) is 9.17. The van der Waals surface area contributed by atoms with Crippen molar-refractivity contribution in [2.75, 3.05) is 6.54 Å². The maximum Gasteiger partial charge on any atom is 0.0415 e. The van der Waals surface area contributed by atoms with Crippen molar-refractivity contribution < 1.29 is 0 Å². The molecule has 0 amide bonds. The lowest BCUT2D eigenvalue weighted by molar-refractivity contribution is 0.500. The number of nitrogens with one attached hydrogen (secondary N) is 1. The topological polar surface area (TPSA) is 24.4 Å². The first kappa shape index (κ1) is 21.7. The standard InChI is InChI=1S/C24H34N2/c1-10-21(16-26-20(7)24(8,9)11-2)15-25-19(6)23-13-18(5)12-22(14-23)17(3)4/h10,12-14,16,25H,1,3,6,11,15H2,2,4-5,7-9H3/b21-16+,26-20+. The van der Waals surface area contributed by atoms with Crippen molar-refractivity contribution in [2.45, 2.75) is 48.0 Å². The van der Waals surface area contributed by atoms with Gasteiger partial charge in [0.15, 0.2) is 0 Å². The molecule has 2 nitrogen and oxygen atoms in total. The predicted molar refractivity (Wildman–Crippen MR) is 118 cm³/mol. The van der Waals surface area contributed by atoms with Gasteiger partial charge < -0.3 is 5.32 Å². The van der Waals surface area contributed by atoms with Gasteiger partial charge in [-0.05, 0) is 61.6 Å². The van der Waals surface area contributed by atoms with Crippen molar-refractivity contribution >= 4 is 17.0 Å². The molecule has 2 heteroatoms. The normalized spacial score (nSPS) is 12.7. The third-order valence-corrected chi connectivity index (χ3v) is 4.97. The minimum atomic E-state index is 0.111. The lowest BCUT2D eigenvalue weighted by atomic mass is 9.85. The van der Waals surface area contributed by atoms with E-state index in [0.29, 0.717) is 6.54 Å². The summed E-state index contributed by atoms with van der Waals surface area (Å²) in [6, 6.07) is 6.39. The Labute approximate surface area is 160 Å². The summed E-state index contributed by atoms with van der Waals surface area (Å²) in [6.07, 6.45) is 4.80. The van der Waals surface area contributed by atoms with Gasteiger partial charge in [0, 0.05) is 29.6 Å². The van der Waals surface area contributed by atoms with E-state index >= 15 is 0 Å². The fourth-order valence-electron chi connectivity index (χ4n) is 2.30. The Morgan fingerprint density at radius 2 is 1.77 bits per heavy atom. The van der Waals surface area contributed by atoms with Crippen LogP contribution < -0.4 is 5.32 Å². The van der Waals surface area contributed by atoms with Gasteiger partial charge >= 0.3 is 0 Å². The third-order valence-electron chi connectivity index (χ3n) is 4.97.